The number of benzene rings is 2. The fraction of sp³-hybridized carbons (Fsp3) is 0.235. The van der Waals surface area contributed by atoms with Crippen LogP contribution in [-0.4, -0.2) is 17.4 Å². The quantitative estimate of drug-likeness (QED) is 0.723. The zero-order valence-corrected chi connectivity index (χ0v) is 12.8. The normalized spacial score (nSPS) is 13.9. The number of hydrogen-bond donors (Lipinski definition) is 0. The van der Waals surface area contributed by atoms with Crippen LogP contribution in [0.25, 0.3) is 0 Å². The van der Waals surface area contributed by atoms with Gasteiger partial charge in [-0.2, -0.15) is 0 Å². The van der Waals surface area contributed by atoms with Crippen molar-refractivity contribution in [3.05, 3.63) is 69.2 Å². The van der Waals surface area contributed by atoms with E-state index in [2.05, 4.69) is 0 Å². The average Bonchev–Trinajstić information content (AvgIpc) is 2.52. The lowest BCUT2D eigenvalue weighted by Gasteiger charge is -2.29. The van der Waals surface area contributed by atoms with Crippen LogP contribution in [0.3, 0.4) is 0 Å². The van der Waals surface area contributed by atoms with Gasteiger partial charge >= 0.3 is 0 Å². The van der Waals surface area contributed by atoms with Crippen LogP contribution in [0.4, 0.5) is 8.78 Å². The second kappa shape index (κ2) is 5.69. The highest BCUT2D eigenvalue weighted by molar-refractivity contribution is 6.34. The van der Waals surface area contributed by atoms with Gasteiger partial charge in [0.15, 0.2) is 11.6 Å². The van der Waals surface area contributed by atoms with Crippen molar-refractivity contribution >= 4 is 17.5 Å². The number of rotatable bonds is 1. The first-order valence-corrected chi connectivity index (χ1v) is 7.37. The summed E-state index contributed by atoms with van der Waals surface area (Å²) in [4.78, 5) is 14.1. The molecule has 0 fully saturated rings. The first kappa shape index (κ1) is 15.0. The van der Waals surface area contributed by atoms with Crippen LogP contribution in [-0.2, 0) is 13.0 Å². The van der Waals surface area contributed by atoms with Gasteiger partial charge in [-0.1, -0.05) is 35.9 Å². The molecule has 114 valence electrons. The minimum atomic E-state index is -1.18. The number of amides is 1. The molecule has 0 aromatic heterocycles. The molecule has 0 aliphatic carbocycles. The summed E-state index contributed by atoms with van der Waals surface area (Å²) in [5, 5.41) is -0.0252. The fourth-order valence-electron chi connectivity index (χ4n) is 2.74. The van der Waals surface area contributed by atoms with Crippen molar-refractivity contribution in [1.29, 1.82) is 0 Å². The average molecular weight is 322 g/mol. The minimum absolute atomic E-state index is 0.0252. The molecule has 0 spiro atoms. The van der Waals surface area contributed by atoms with E-state index in [1.54, 1.807) is 6.92 Å². The van der Waals surface area contributed by atoms with Gasteiger partial charge in [-0.25, -0.2) is 8.78 Å². The molecule has 0 unspecified atom stereocenters. The molecule has 1 aliphatic rings. The van der Waals surface area contributed by atoms with E-state index >= 15 is 0 Å². The van der Waals surface area contributed by atoms with Gasteiger partial charge in [0.2, 0.25) is 0 Å². The topological polar surface area (TPSA) is 20.3 Å². The van der Waals surface area contributed by atoms with Crippen molar-refractivity contribution in [2.45, 2.75) is 19.9 Å². The molecule has 2 aromatic rings. The van der Waals surface area contributed by atoms with Crippen LogP contribution in [0, 0.1) is 18.6 Å². The van der Waals surface area contributed by atoms with Crippen LogP contribution in [0.15, 0.2) is 30.3 Å². The number of carbonyl (C=O) groups excluding carboxylic acids is 1. The Bertz CT molecular complexity index is 734. The van der Waals surface area contributed by atoms with E-state index in [1.807, 2.05) is 24.3 Å². The lowest BCUT2D eigenvalue weighted by Crippen LogP contribution is -2.36. The van der Waals surface area contributed by atoms with Crippen LogP contribution >= 0.6 is 11.6 Å². The summed E-state index contributed by atoms with van der Waals surface area (Å²) in [6.07, 6.45) is 0.690. The molecule has 0 radical (unpaired) electrons. The van der Waals surface area contributed by atoms with Crippen molar-refractivity contribution in [1.82, 2.24) is 4.90 Å². The van der Waals surface area contributed by atoms with Crippen LogP contribution in [0.1, 0.15) is 27.0 Å². The zero-order chi connectivity index (χ0) is 15.9. The maximum Gasteiger partial charge on any atom is 0.258 e. The molecule has 0 N–H and O–H groups in total. The van der Waals surface area contributed by atoms with Crippen LogP contribution in [0.2, 0.25) is 5.02 Å². The van der Waals surface area contributed by atoms with Gasteiger partial charge in [-0.05, 0) is 36.1 Å². The highest BCUT2D eigenvalue weighted by Gasteiger charge is 2.28. The number of hydrogen-bond acceptors (Lipinski definition) is 1. The predicted molar refractivity (Wildman–Crippen MR) is 81.0 cm³/mol. The second-order valence-electron chi connectivity index (χ2n) is 5.42. The van der Waals surface area contributed by atoms with E-state index in [9.17, 15) is 13.6 Å². The Morgan fingerprint density at radius 1 is 1.23 bits per heavy atom. The number of carbonyl (C=O) groups is 1. The molecular weight excluding hydrogens is 308 g/mol. The van der Waals surface area contributed by atoms with E-state index in [1.165, 1.54) is 10.5 Å². The predicted octanol–water partition coefficient (Wildman–Crippen LogP) is 4.13. The van der Waals surface area contributed by atoms with Crippen molar-refractivity contribution < 1.29 is 13.6 Å². The molecule has 3 rings (SSSR count). The maximum atomic E-state index is 14.0. The summed E-state index contributed by atoms with van der Waals surface area (Å²) in [6, 6.07) is 8.79. The molecule has 5 heteroatoms. The second-order valence-corrected chi connectivity index (χ2v) is 5.80. The molecule has 1 amide bonds. The van der Waals surface area contributed by atoms with Crippen LogP contribution < -0.4 is 0 Å². The SMILES string of the molecule is Cc1cc(F)c(F)c(C(=O)N2CCc3ccccc3C2)c1Cl. The van der Waals surface area contributed by atoms with Gasteiger partial charge in [0.25, 0.3) is 5.91 Å². The van der Waals surface area contributed by atoms with E-state index in [0.717, 1.165) is 11.6 Å². The third kappa shape index (κ3) is 2.48. The van der Waals surface area contributed by atoms with Gasteiger partial charge < -0.3 is 4.90 Å². The van der Waals surface area contributed by atoms with Crippen molar-refractivity contribution in [3.8, 4) is 0 Å². The summed E-state index contributed by atoms with van der Waals surface area (Å²) >= 11 is 6.03. The van der Waals surface area contributed by atoms with E-state index in [4.69, 9.17) is 11.6 Å². The van der Waals surface area contributed by atoms with Crippen molar-refractivity contribution in [3.63, 3.8) is 0 Å². The molecular formula is C17H14ClF2NO. The van der Waals surface area contributed by atoms with Crippen LogP contribution in [0.5, 0.6) is 0 Å². The van der Waals surface area contributed by atoms with Gasteiger partial charge in [-0.3, -0.25) is 4.79 Å². The fourth-order valence-corrected chi connectivity index (χ4v) is 2.96. The summed E-state index contributed by atoms with van der Waals surface area (Å²) in [6.45, 7) is 2.38. The van der Waals surface area contributed by atoms with Gasteiger partial charge in [-0.15, -0.1) is 0 Å². The van der Waals surface area contributed by atoms with E-state index in [0.29, 0.717) is 25.1 Å². The Hall–Kier alpha value is -1.94. The number of aryl methyl sites for hydroxylation is 1. The Kier molecular flexibility index (Phi) is 3.87. The van der Waals surface area contributed by atoms with Crippen molar-refractivity contribution in [2.75, 3.05) is 6.54 Å². The summed E-state index contributed by atoms with van der Waals surface area (Å²) in [5.41, 5.74) is 2.17. The molecule has 1 heterocycles. The molecule has 1 aliphatic heterocycles. The molecule has 22 heavy (non-hydrogen) atoms. The molecule has 0 atom stereocenters. The standard InChI is InChI=1S/C17H14ClF2NO/c1-10-8-13(19)16(20)14(15(10)18)17(22)21-7-6-11-4-2-3-5-12(11)9-21/h2-5,8H,6-7,9H2,1H3. The number of halogens is 3. The molecule has 0 saturated carbocycles. The molecule has 2 aromatic carbocycles. The number of nitrogens with zero attached hydrogens (tertiary/aromatic N) is 1. The summed E-state index contributed by atoms with van der Waals surface area (Å²) in [5.74, 6) is -2.80. The third-order valence-electron chi connectivity index (χ3n) is 3.97. The van der Waals surface area contributed by atoms with E-state index in [-0.39, 0.29) is 10.6 Å². The lowest BCUT2D eigenvalue weighted by atomic mass is 9.99. The Labute approximate surface area is 132 Å². The largest absolute Gasteiger partial charge is 0.334 e. The zero-order valence-electron chi connectivity index (χ0n) is 12.0. The van der Waals surface area contributed by atoms with E-state index < -0.39 is 17.5 Å². The van der Waals surface area contributed by atoms with Crippen molar-refractivity contribution in [2.24, 2.45) is 0 Å². The third-order valence-corrected chi connectivity index (χ3v) is 4.46. The summed E-state index contributed by atoms with van der Waals surface area (Å²) in [7, 11) is 0. The first-order valence-electron chi connectivity index (χ1n) is 6.99. The highest BCUT2D eigenvalue weighted by Crippen LogP contribution is 2.29. The Morgan fingerprint density at radius 3 is 2.64 bits per heavy atom. The first-order chi connectivity index (χ1) is 10.5. The minimum Gasteiger partial charge on any atom is -0.334 e. The highest BCUT2D eigenvalue weighted by atomic mass is 35.5. The Balaban J connectivity index is 1.97. The van der Waals surface area contributed by atoms with Gasteiger partial charge in [0.1, 0.15) is 0 Å². The Morgan fingerprint density at radius 2 is 1.91 bits per heavy atom. The van der Waals surface area contributed by atoms with Gasteiger partial charge in [0.05, 0.1) is 10.6 Å². The monoisotopic (exact) mass is 321 g/mol. The molecule has 2 nitrogen and oxygen atoms in total. The maximum absolute atomic E-state index is 14.0. The smallest absolute Gasteiger partial charge is 0.258 e. The number of fused-ring (bicyclic) bond motifs is 1. The van der Waals surface area contributed by atoms with Gasteiger partial charge in [0, 0.05) is 13.1 Å². The molecule has 0 bridgehead atoms. The molecule has 0 saturated heterocycles. The summed E-state index contributed by atoms with van der Waals surface area (Å²) < 4.78 is 27.6. The lowest BCUT2D eigenvalue weighted by molar-refractivity contribution is 0.0729.